The lowest BCUT2D eigenvalue weighted by atomic mass is 9.93. The van der Waals surface area contributed by atoms with E-state index in [1.54, 1.807) is 20.0 Å². The summed E-state index contributed by atoms with van der Waals surface area (Å²) in [6.07, 6.45) is 5.87. The molecule has 1 amide bonds. The maximum atomic E-state index is 12.5. The summed E-state index contributed by atoms with van der Waals surface area (Å²) in [5.41, 5.74) is 2.59. The number of oxime groups is 1. The number of pyridine rings is 1. The Kier molecular flexibility index (Phi) is 5.24. The van der Waals surface area contributed by atoms with Crippen LogP contribution in [0.4, 0.5) is 5.82 Å². The number of carbonyl (C=O) groups is 2. The number of amides is 1. The Balaban J connectivity index is 1.57. The highest BCUT2D eigenvalue weighted by Gasteiger charge is 2.40. The highest BCUT2D eigenvalue weighted by Crippen LogP contribution is 2.27. The van der Waals surface area contributed by atoms with Crippen molar-refractivity contribution in [2.45, 2.75) is 26.4 Å². The number of nitrogens with zero attached hydrogens (tertiary/aromatic N) is 4. The summed E-state index contributed by atoms with van der Waals surface area (Å²) in [7, 11) is 0. The SMILES string of the molecule is Cc1ccc(C2=NOC(C)(C)C2=O)cc1-c1cnc(NC(=O)c2cncc(Cl)c2)cn1. The van der Waals surface area contributed by atoms with E-state index in [-0.39, 0.29) is 17.3 Å². The highest BCUT2D eigenvalue weighted by atomic mass is 35.5. The lowest BCUT2D eigenvalue weighted by molar-refractivity contribution is -0.128. The zero-order chi connectivity index (χ0) is 22.2. The predicted octanol–water partition coefficient (Wildman–Crippen LogP) is 3.83. The number of rotatable bonds is 4. The number of hydrogen-bond donors (Lipinski definition) is 1. The molecule has 1 N–H and O–H groups in total. The van der Waals surface area contributed by atoms with Crippen LogP contribution in [0.25, 0.3) is 11.3 Å². The van der Waals surface area contributed by atoms with Crippen molar-refractivity contribution in [3.05, 3.63) is 70.8 Å². The van der Waals surface area contributed by atoms with Crippen LogP contribution in [0.2, 0.25) is 5.02 Å². The molecule has 3 aromatic rings. The average molecular weight is 436 g/mol. The number of nitrogens with one attached hydrogen (secondary N) is 1. The van der Waals surface area contributed by atoms with Gasteiger partial charge in [-0.05, 0) is 38.5 Å². The Bertz CT molecular complexity index is 1220. The van der Waals surface area contributed by atoms with Crippen LogP contribution in [-0.2, 0) is 9.63 Å². The van der Waals surface area contributed by atoms with Gasteiger partial charge in [-0.3, -0.25) is 19.6 Å². The molecule has 4 rings (SSSR count). The molecule has 0 saturated heterocycles. The molecule has 1 aliphatic heterocycles. The van der Waals surface area contributed by atoms with E-state index in [2.05, 4.69) is 25.4 Å². The van der Waals surface area contributed by atoms with Gasteiger partial charge in [0.05, 0.1) is 28.7 Å². The molecule has 9 heteroatoms. The van der Waals surface area contributed by atoms with E-state index < -0.39 is 11.5 Å². The fourth-order valence-corrected chi connectivity index (χ4v) is 3.19. The van der Waals surface area contributed by atoms with Crippen LogP contribution in [0, 0.1) is 6.92 Å². The maximum Gasteiger partial charge on any atom is 0.258 e. The smallest absolute Gasteiger partial charge is 0.258 e. The van der Waals surface area contributed by atoms with E-state index in [1.807, 2.05) is 25.1 Å². The fraction of sp³-hybridized carbons (Fsp3) is 0.182. The molecule has 1 aromatic carbocycles. The van der Waals surface area contributed by atoms with Crippen molar-refractivity contribution in [2.75, 3.05) is 5.32 Å². The van der Waals surface area contributed by atoms with Gasteiger partial charge in [-0.25, -0.2) is 4.98 Å². The second kappa shape index (κ2) is 7.88. The van der Waals surface area contributed by atoms with Gasteiger partial charge >= 0.3 is 0 Å². The first-order valence-corrected chi connectivity index (χ1v) is 9.79. The largest absolute Gasteiger partial charge is 0.381 e. The quantitative estimate of drug-likeness (QED) is 0.667. The lowest BCUT2D eigenvalue weighted by Gasteiger charge is -2.12. The minimum absolute atomic E-state index is 0.179. The molecule has 31 heavy (non-hydrogen) atoms. The van der Waals surface area contributed by atoms with Gasteiger partial charge in [0.15, 0.2) is 17.1 Å². The predicted molar refractivity (Wildman–Crippen MR) is 116 cm³/mol. The molecular weight excluding hydrogens is 418 g/mol. The summed E-state index contributed by atoms with van der Waals surface area (Å²) in [6.45, 7) is 5.29. The van der Waals surface area contributed by atoms with Gasteiger partial charge in [0.2, 0.25) is 5.78 Å². The van der Waals surface area contributed by atoms with Crippen molar-refractivity contribution < 1.29 is 14.4 Å². The summed E-state index contributed by atoms with van der Waals surface area (Å²) < 4.78 is 0. The standard InChI is InChI=1S/C22H18ClN5O3/c1-12-4-5-13(19-20(29)22(2,3)31-28-19)7-16(12)17-10-26-18(11-25-17)27-21(30)14-6-15(23)9-24-8-14/h4-11H,1-3H3,(H,26,27,30). The summed E-state index contributed by atoms with van der Waals surface area (Å²) in [6, 6.07) is 7.05. The molecule has 1 aliphatic rings. The maximum absolute atomic E-state index is 12.5. The van der Waals surface area contributed by atoms with Crippen LogP contribution in [-0.4, -0.2) is 38.0 Å². The van der Waals surface area contributed by atoms with Crippen LogP contribution in [0.3, 0.4) is 0 Å². The number of anilines is 1. The molecule has 0 bridgehead atoms. The molecule has 0 saturated carbocycles. The molecule has 0 unspecified atom stereocenters. The topological polar surface area (TPSA) is 106 Å². The molecule has 3 heterocycles. The molecule has 8 nitrogen and oxygen atoms in total. The minimum atomic E-state index is -0.974. The molecule has 0 spiro atoms. The third-order valence-corrected chi connectivity index (χ3v) is 4.98. The number of aromatic nitrogens is 3. The molecule has 156 valence electrons. The average Bonchev–Trinajstić information content (AvgIpc) is 3.02. The van der Waals surface area contributed by atoms with E-state index in [0.29, 0.717) is 21.8 Å². The van der Waals surface area contributed by atoms with E-state index in [9.17, 15) is 9.59 Å². The van der Waals surface area contributed by atoms with Crippen molar-refractivity contribution in [3.63, 3.8) is 0 Å². The molecule has 0 fully saturated rings. The summed E-state index contributed by atoms with van der Waals surface area (Å²) >= 11 is 5.87. The Morgan fingerprint density at radius 2 is 1.90 bits per heavy atom. The van der Waals surface area contributed by atoms with Crippen LogP contribution in [0.5, 0.6) is 0 Å². The number of halogens is 1. The van der Waals surface area contributed by atoms with Gasteiger partial charge in [-0.15, -0.1) is 0 Å². The van der Waals surface area contributed by atoms with Gasteiger partial charge in [0, 0.05) is 23.5 Å². The zero-order valence-corrected chi connectivity index (χ0v) is 17.8. The number of ketones is 1. The van der Waals surface area contributed by atoms with Crippen molar-refractivity contribution >= 4 is 34.8 Å². The third kappa shape index (κ3) is 4.15. The number of hydrogen-bond acceptors (Lipinski definition) is 7. The summed E-state index contributed by atoms with van der Waals surface area (Å²) in [5.74, 6) is -0.286. The second-order valence-electron chi connectivity index (χ2n) is 7.53. The van der Waals surface area contributed by atoms with Crippen molar-refractivity contribution in [1.82, 2.24) is 15.0 Å². The van der Waals surface area contributed by atoms with Crippen molar-refractivity contribution in [3.8, 4) is 11.3 Å². The van der Waals surface area contributed by atoms with Gasteiger partial charge in [-0.2, -0.15) is 0 Å². The molecule has 2 aromatic heterocycles. The van der Waals surface area contributed by atoms with Crippen molar-refractivity contribution in [2.24, 2.45) is 5.16 Å². The molecule has 0 radical (unpaired) electrons. The summed E-state index contributed by atoms with van der Waals surface area (Å²) in [5, 5.41) is 6.98. The number of aryl methyl sites for hydroxylation is 1. The Morgan fingerprint density at radius 3 is 2.55 bits per heavy atom. The second-order valence-corrected chi connectivity index (χ2v) is 7.97. The van der Waals surface area contributed by atoms with E-state index in [4.69, 9.17) is 16.4 Å². The third-order valence-electron chi connectivity index (χ3n) is 4.77. The number of Topliss-reactive ketones (excluding diaryl/α,β-unsaturated/α-hetero) is 1. The normalized spacial score (nSPS) is 14.7. The van der Waals surface area contributed by atoms with Crippen LogP contribution < -0.4 is 5.32 Å². The molecular formula is C22H18ClN5O3. The highest BCUT2D eigenvalue weighted by molar-refractivity contribution is 6.49. The number of benzene rings is 1. The Labute approximate surface area is 183 Å². The lowest BCUT2D eigenvalue weighted by Crippen LogP contribution is -2.33. The Morgan fingerprint density at radius 1 is 1.10 bits per heavy atom. The van der Waals surface area contributed by atoms with E-state index in [0.717, 1.165) is 11.1 Å². The van der Waals surface area contributed by atoms with Gasteiger partial charge in [-0.1, -0.05) is 28.9 Å². The fourth-order valence-electron chi connectivity index (χ4n) is 3.01. The first-order valence-electron chi connectivity index (χ1n) is 9.41. The first kappa shape index (κ1) is 20.6. The molecule has 0 aliphatic carbocycles. The number of carbonyl (C=O) groups excluding carboxylic acids is 2. The van der Waals surface area contributed by atoms with Crippen LogP contribution in [0.15, 0.2) is 54.2 Å². The zero-order valence-electron chi connectivity index (χ0n) is 17.0. The van der Waals surface area contributed by atoms with Crippen LogP contribution in [0.1, 0.15) is 35.3 Å². The first-order chi connectivity index (χ1) is 14.7. The summed E-state index contributed by atoms with van der Waals surface area (Å²) in [4.78, 5) is 42.7. The van der Waals surface area contributed by atoms with E-state index >= 15 is 0 Å². The van der Waals surface area contributed by atoms with Gasteiger partial charge in [0.1, 0.15) is 0 Å². The molecule has 0 atom stereocenters. The van der Waals surface area contributed by atoms with Gasteiger partial charge in [0.25, 0.3) is 5.91 Å². The van der Waals surface area contributed by atoms with Crippen LogP contribution >= 0.6 is 11.6 Å². The van der Waals surface area contributed by atoms with E-state index in [1.165, 1.54) is 24.7 Å². The minimum Gasteiger partial charge on any atom is -0.381 e. The monoisotopic (exact) mass is 435 g/mol. The Hall–Kier alpha value is -3.65. The van der Waals surface area contributed by atoms with Gasteiger partial charge < -0.3 is 10.2 Å². The van der Waals surface area contributed by atoms with Crippen molar-refractivity contribution in [1.29, 1.82) is 0 Å².